The van der Waals surface area contributed by atoms with Crippen LogP contribution in [-0.4, -0.2) is 30.6 Å². The summed E-state index contributed by atoms with van der Waals surface area (Å²) in [6.07, 6.45) is 6.99. The highest BCUT2D eigenvalue weighted by Crippen LogP contribution is 2.48. The Kier molecular flexibility index (Phi) is 5.41. The van der Waals surface area contributed by atoms with E-state index in [0.717, 1.165) is 5.56 Å². The molecule has 3 rings (SSSR count). The average Bonchev–Trinajstić information content (AvgIpc) is 3.49. The Bertz CT molecular complexity index is 643. The Morgan fingerprint density at radius 3 is 2.32 bits per heavy atom. The number of nitrogens with one attached hydrogen (secondary N) is 1. The summed E-state index contributed by atoms with van der Waals surface area (Å²) in [5, 5.41) is 12.2. The van der Waals surface area contributed by atoms with Gasteiger partial charge < -0.3 is 15.2 Å². The topological polar surface area (TPSA) is 75.6 Å². The van der Waals surface area contributed by atoms with Gasteiger partial charge in [-0.15, -0.1) is 0 Å². The Morgan fingerprint density at radius 2 is 1.80 bits per heavy atom. The number of rotatable bonds is 8. The Balaban J connectivity index is 1.58. The van der Waals surface area contributed by atoms with Crippen molar-refractivity contribution in [2.75, 3.05) is 13.7 Å². The van der Waals surface area contributed by atoms with E-state index >= 15 is 0 Å². The van der Waals surface area contributed by atoms with Crippen molar-refractivity contribution in [1.82, 2.24) is 5.32 Å². The summed E-state index contributed by atoms with van der Waals surface area (Å²) in [6.45, 7) is 0.242. The Labute approximate surface area is 148 Å². The molecule has 0 saturated heterocycles. The number of allylic oxidation sites excluding steroid dienone is 1. The van der Waals surface area contributed by atoms with Crippen LogP contribution in [0.5, 0.6) is 5.75 Å². The highest BCUT2D eigenvalue weighted by Gasteiger charge is 2.36. The Morgan fingerprint density at radius 1 is 1.20 bits per heavy atom. The lowest BCUT2D eigenvalue weighted by Gasteiger charge is -2.15. The molecule has 1 atom stereocenters. The summed E-state index contributed by atoms with van der Waals surface area (Å²) in [4.78, 5) is 24.3. The standard InChI is InChI=1S/C20H25NO4/c1-25-20(24)16(10-13-2-8-17(22)9-3-13)12-21-19(23)11-18(14-4-5-14)15-6-7-15/h2-3,8-9,11,14-16,22H,4-7,10,12H2,1H3,(H,21,23). The second-order valence-corrected chi connectivity index (χ2v) is 7.03. The minimum absolute atomic E-state index is 0.117. The van der Waals surface area contributed by atoms with Crippen molar-refractivity contribution >= 4 is 11.9 Å². The normalized spacial score (nSPS) is 17.5. The number of aromatic hydroxyl groups is 1. The first-order chi connectivity index (χ1) is 12.1. The van der Waals surface area contributed by atoms with E-state index in [2.05, 4.69) is 5.32 Å². The number of hydrogen-bond acceptors (Lipinski definition) is 4. The van der Waals surface area contributed by atoms with E-state index in [0.29, 0.717) is 18.3 Å². The van der Waals surface area contributed by atoms with E-state index in [4.69, 9.17) is 4.74 Å². The number of ether oxygens (including phenoxy) is 1. The Hall–Kier alpha value is -2.30. The molecule has 0 aliphatic heterocycles. The first-order valence-electron chi connectivity index (χ1n) is 8.92. The van der Waals surface area contributed by atoms with Gasteiger partial charge in [0.15, 0.2) is 0 Å². The van der Waals surface area contributed by atoms with E-state index in [9.17, 15) is 14.7 Å². The minimum atomic E-state index is -0.447. The number of carbonyl (C=O) groups excluding carboxylic acids is 2. The number of carbonyl (C=O) groups is 2. The van der Waals surface area contributed by atoms with Gasteiger partial charge in [-0.1, -0.05) is 17.7 Å². The maximum absolute atomic E-state index is 12.3. The summed E-state index contributed by atoms with van der Waals surface area (Å²) >= 11 is 0. The third-order valence-electron chi connectivity index (χ3n) is 4.87. The largest absolute Gasteiger partial charge is 0.508 e. The predicted molar refractivity (Wildman–Crippen MR) is 93.9 cm³/mol. The molecule has 25 heavy (non-hydrogen) atoms. The van der Waals surface area contributed by atoms with E-state index < -0.39 is 5.92 Å². The van der Waals surface area contributed by atoms with Crippen molar-refractivity contribution in [3.05, 3.63) is 41.5 Å². The summed E-state index contributed by atoms with van der Waals surface area (Å²) in [7, 11) is 1.35. The third-order valence-corrected chi connectivity index (χ3v) is 4.87. The zero-order valence-corrected chi connectivity index (χ0v) is 14.5. The summed E-state index contributed by atoms with van der Waals surface area (Å²) < 4.78 is 4.86. The summed E-state index contributed by atoms with van der Waals surface area (Å²) in [5.74, 6) is 0.482. The van der Waals surface area contributed by atoms with Gasteiger partial charge in [0.05, 0.1) is 13.0 Å². The van der Waals surface area contributed by atoms with Gasteiger partial charge >= 0.3 is 5.97 Å². The van der Waals surface area contributed by atoms with Crippen molar-refractivity contribution < 1.29 is 19.4 Å². The first-order valence-corrected chi connectivity index (χ1v) is 8.92. The van der Waals surface area contributed by atoms with Gasteiger partial charge in [0.25, 0.3) is 0 Å². The number of methoxy groups -OCH3 is 1. The summed E-state index contributed by atoms with van der Waals surface area (Å²) in [5.41, 5.74) is 2.21. The average molecular weight is 343 g/mol. The van der Waals surface area contributed by atoms with E-state index in [1.807, 2.05) is 0 Å². The minimum Gasteiger partial charge on any atom is -0.508 e. The van der Waals surface area contributed by atoms with E-state index in [1.54, 1.807) is 30.3 Å². The van der Waals surface area contributed by atoms with Crippen LogP contribution in [-0.2, 0) is 20.7 Å². The van der Waals surface area contributed by atoms with Crippen molar-refractivity contribution in [3.8, 4) is 5.75 Å². The molecule has 1 unspecified atom stereocenters. The first kappa shape index (κ1) is 17.5. The molecule has 1 amide bonds. The molecule has 0 bridgehead atoms. The molecule has 1 aromatic rings. The van der Waals surface area contributed by atoms with Gasteiger partial charge in [-0.25, -0.2) is 0 Å². The number of amides is 1. The van der Waals surface area contributed by atoms with Crippen LogP contribution in [0.3, 0.4) is 0 Å². The fraction of sp³-hybridized carbons (Fsp3) is 0.500. The SMILES string of the molecule is COC(=O)C(CNC(=O)C=C(C1CC1)C1CC1)Cc1ccc(O)cc1. The number of phenols is 1. The molecule has 2 N–H and O–H groups in total. The van der Waals surface area contributed by atoms with Crippen molar-refractivity contribution in [3.63, 3.8) is 0 Å². The molecule has 1 aromatic carbocycles. The molecular weight excluding hydrogens is 318 g/mol. The van der Waals surface area contributed by atoms with Crippen LogP contribution < -0.4 is 5.32 Å². The lowest BCUT2D eigenvalue weighted by atomic mass is 9.99. The fourth-order valence-corrected chi connectivity index (χ4v) is 3.15. The lowest BCUT2D eigenvalue weighted by molar-refractivity contribution is -0.145. The van der Waals surface area contributed by atoms with Crippen LogP contribution in [0.4, 0.5) is 0 Å². The van der Waals surface area contributed by atoms with Crippen LogP contribution in [0.15, 0.2) is 35.9 Å². The molecule has 0 heterocycles. The molecule has 5 heteroatoms. The van der Waals surface area contributed by atoms with E-state index in [1.165, 1.54) is 38.4 Å². The summed E-state index contributed by atoms with van der Waals surface area (Å²) in [6, 6.07) is 6.71. The molecule has 5 nitrogen and oxygen atoms in total. The maximum atomic E-state index is 12.3. The van der Waals surface area contributed by atoms with Gasteiger partial charge in [0.1, 0.15) is 5.75 Å². The fourth-order valence-electron chi connectivity index (χ4n) is 3.15. The maximum Gasteiger partial charge on any atom is 0.310 e. The van der Waals surface area contributed by atoms with Gasteiger partial charge in [0, 0.05) is 12.6 Å². The highest BCUT2D eigenvalue weighted by molar-refractivity contribution is 5.89. The predicted octanol–water partition coefficient (Wildman–Crippen LogP) is 2.59. The molecule has 0 spiro atoms. The number of phenolic OH excluding ortho intramolecular Hbond substituents is 1. The molecule has 2 aliphatic rings. The van der Waals surface area contributed by atoms with Crippen molar-refractivity contribution in [1.29, 1.82) is 0 Å². The second kappa shape index (κ2) is 7.72. The quantitative estimate of drug-likeness (QED) is 0.562. The van der Waals surface area contributed by atoms with Gasteiger partial charge in [-0.3, -0.25) is 9.59 Å². The highest BCUT2D eigenvalue weighted by atomic mass is 16.5. The number of esters is 1. The monoisotopic (exact) mass is 343 g/mol. The van der Waals surface area contributed by atoms with Crippen LogP contribution in [0.2, 0.25) is 0 Å². The molecule has 2 saturated carbocycles. The zero-order chi connectivity index (χ0) is 17.8. The van der Waals surface area contributed by atoms with Crippen LogP contribution >= 0.6 is 0 Å². The molecule has 2 fully saturated rings. The molecule has 0 aromatic heterocycles. The smallest absolute Gasteiger partial charge is 0.310 e. The molecule has 0 radical (unpaired) electrons. The number of hydrogen-bond donors (Lipinski definition) is 2. The van der Waals surface area contributed by atoms with Crippen molar-refractivity contribution in [2.45, 2.75) is 32.1 Å². The number of benzene rings is 1. The van der Waals surface area contributed by atoms with Gasteiger partial charge in [-0.05, 0) is 61.6 Å². The third kappa shape index (κ3) is 5.08. The zero-order valence-electron chi connectivity index (χ0n) is 14.5. The lowest BCUT2D eigenvalue weighted by Crippen LogP contribution is -2.34. The second-order valence-electron chi connectivity index (χ2n) is 7.03. The molecule has 134 valence electrons. The van der Waals surface area contributed by atoms with Gasteiger partial charge in [0.2, 0.25) is 5.91 Å². The van der Waals surface area contributed by atoms with E-state index in [-0.39, 0.29) is 24.2 Å². The van der Waals surface area contributed by atoms with Crippen LogP contribution in [0, 0.1) is 17.8 Å². The van der Waals surface area contributed by atoms with Crippen LogP contribution in [0.25, 0.3) is 0 Å². The molecular formula is C20H25NO4. The van der Waals surface area contributed by atoms with Crippen LogP contribution in [0.1, 0.15) is 31.2 Å². The van der Waals surface area contributed by atoms with Crippen molar-refractivity contribution in [2.24, 2.45) is 17.8 Å². The van der Waals surface area contributed by atoms with Gasteiger partial charge in [-0.2, -0.15) is 0 Å². The molecule has 2 aliphatic carbocycles.